The van der Waals surface area contributed by atoms with Crippen molar-refractivity contribution >= 4 is 44.9 Å². The first-order valence-electron chi connectivity index (χ1n) is 7.56. The number of amides is 1. The Bertz CT molecular complexity index is 850. The minimum Gasteiger partial charge on any atom is -0.492 e. The molecule has 0 aliphatic heterocycles. The number of nitrogens with zero attached hydrogens (tertiary/aromatic N) is 2. The Kier molecular flexibility index (Phi) is 5.32. The van der Waals surface area contributed by atoms with Gasteiger partial charge in [0.2, 0.25) is 5.91 Å². The van der Waals surface area contributed by atoms with Crippen LogP contribution >= 0.6 is 23.1 Å². The van der Waals surface area contributed by atoms with Crippen LogP contribution in [0.4, 0.5) is 5.69 Å². The van der Waals surface area contributed by atoms with E-state index in [0.29, 0.717) is 18.0 Å². The number of para-hydroxylation sites is 2. The van der Waals surface area contributed by atoms with Gasteiger partial charge in [0, 0.05) is 5.39 Å². The maximum atomic E-state index is 12.5. The molecule has 24 heavy (non-hydrogen) atoms. The normalized spacial score (nSPS) is 12.1. The van der Waals surface area contributed by atoms with Crippen molar-refractivity contribution in [3.63, 3.8) is 0 Å². The van der Waals surface area contributed by atoms with E-state index in [9.17, 15) is 4.79 Å². The van der Waals surface area contributed by atoms with E-state index >= 15 is 0 Å². The highest BCUT2D eigenvalue weighted by Gasteiger charge is 2.18. The number of benzene rings is 1. The summed E-state index contributed by atoms with van der Waals surface area (Å²) in [5.41, 5.74) is 0.681. The fraction of sp³-hybridized carbons (Fsp3) is 0.235. The average Bonchev–Trinajstić information content (AvgIpc) is 3.06. The van der Waals surface area contributed by atoms with Crippen molar-refractivity contribution < 1.29 is 9.53 Å². The molecule has 1 aromatic carbocycles. The Labute approximate surface area is 148 Å². The number of anilines is 1. The molecule has 0 saturated heterocycles. The van der Waals surface area contributed by atoms with Crippen molar-refractivity contribution in [2.24, 2.45) is 0 Å². The Balaban J connectivity index is 1.72. The van der Waals surface area contributed by atoms with Crippen LogP contribution in [-0.2, 0) is 4.79 Å². The average molecular weight is 359 g/mol. The maximum Gasteiger partial charge on any atom is 0.237 e. The highest BCUT2D eigenvalue weighted by Crippen LogP contribution is 2.31. The summed E-state index contributed by atoms with van der Waals surface area (Å²) in [6, 6.07) is 9.41. The fourth-order valence-corrected chi connectivity index (χ4v) is 3.87. The second-order valence-corrected chi connectivity index (χ2v) is 7.22. The van der Waals surface area contributed by atoms with E-state index in [-0.39, 0.29) is 11.2 Å². The van der Waals surface area contributed by atoms with E-state index in [0.717, 1.165) is 15.2 Å². The SMILES string of the molecule is CCOc1ccccc1NC(=O)[C@H](C)Sc1ncnc2sccc12. The predicted molar refractivity (Wildman–Crippen MR) is 99.0 cm³/mol. The Hall–Kier alpha value is -2.12. The van der Waals surface area contributed by atoms with Gasteiger partial charge in [0.05, 0.1) is 17.5 Å². The summed E-state index contributed by atoms with van der Waals surface area (Å²) in [7, 11) is 0. The lowest BCUT2D eigenvalue weighted by Crippen LogP contribution is -2.22. The largest absolute Gasteiger partial charge is 0.492 e. The first-order chi connectivity index (χ1) is 11.7. The molecule has 124 valence electrons. The molecule has 3 aromatic rings. The molecule has 0 unspecified atom stereocenters. The third-order valence-electron chi connectivity index (χ3n) is 3.33. The van der Waals surface area contributed by atoms with Crippen LogP contribution in [0, 0.1) is 0 Å². The topological polar surface area (TPSA) is 64.1 Å². The molecule has 2 aromatic heterocycles. The smallest absolute Gasteiger partial charge is 0.237 e. The van der Waals surface area contributed by atoms with E-state index in [4.69, 9.17) is 4.74 Å². The Morgan fingerprint density at radius 3 is 3.00 bits per heavy atom. The van der Waals surface area contributed by atoms with Crippen LogP contribution in [0.3, 0.4) is 0 Å². The van der Waals surface area contributed by atoms with Crippen molar-refractivity contribution in [2.75, 3.05) is 11.9 Å². The highest BCUT2D eigenvalue weighted by molar-refractivity contribution is 8.00. The first-order valence-corrected chi connectivity index (χ1v) is 9.32. The van der Waals surface area contributed by atoms with Gasteiger partial charge in [-0.25, -0.2) is 9.97 Å². The van der Waals surface area contributed by atoms with Gasteiger partial charge in [-0.3, -0.25) is 4.79 Å². The zero-order valence-electron chi connectivity index (χ0n) is 13.4. The number of ether oxygens (including phenoxy) is 1. The predicted octanol–water partition coefficient (Wildman–Crippen LogP) is 4.21. The minimum absolute atomic E-state index is 0.0888. The number of hydrogen-bond donors (Lipinski definition) is 1. The second kappa shape index (κ2) is 7.63. The summed E-state index contributed by atoms with van der Waals surface area (Å²) in [5, 5.41) is 6.43. The van der Waals surface area contributed by atoms with Gasteiger partial charge in [0.15, 0.2) is 0 Å². The zero-order chi connectivity index (χ0) is 16.9. The summed E-state index contributed by atoms with van der Waals surface area (Å²) in [6.45, 7) is 4.33. The van der Waals surface area contributed by atoms with E-state index in [1.54, 1.807) is 11.3 Å². The van der Waals surface area contributed by atoms with Crippen LogP contribution in [0.5, 0.6) is 5.75 Å². The lowest BCUT2D eigenvalue weighted by atomic mass is 10.3. The molecule has 1 amide bonds. The van der Waals surface area contributed by atoms with Crippen LogP contribution in [0.1, 0.15) is 13.8 Å². The zero-order valence-corrected chi connectivity index (χ0v) is 15.0. The molecule has 1 atom stereocenters. The summed E-state index contributed by atoms with van der Waals surface area (Å²) in [5.74, 6) is 0.585. The fourth-order valence-electron chi connectivity index (χ4n) is 2.17. The lowest BCUT2D eigenvalue weighted by Gasteiger charge is -2.14. The number of carbonyl (C=O) groups excluding carboxylic acids is 1. The molecular formula is C17H17N3O2S2. The van der Waals surface area contributed by atoms with Crippen molar-refractivity contribution in [1.29, 1.82) is 0 Å². The lowest BCUT2D eigenvalue weighted by molar-refractivity contribution is -0.115. The summed E-state index contributed by atoms with van der Waals surface area (Å²) in [6.07, 6.45) is 1.54. The van der Waals surface area contributed by atoms with Gasteiger partial charge in [-0.2, -0.15) is 0 Å². The van der Waals surface area contributed by atoms with Crippen molar-refractivity contribution in [3.05, 3.63) is 42.0 Å². The van der Waals surface area contributed by atoms with Crippen LogP contribution in [0.25, 0.3) is 10.2 Å². The first kappa shape index (κ1) is 16.7. The summed E-state index contributed by atoms with van der Waals surface area (Å²) >= 11 is 2.99. The monoisotopic (exact) mass is 359 g/mol. The van der Waals surface area contributed by atoms with Gasteiger partial charge in [-0.15, -0.1) is 11.3 Å². The molecule has 0 spiro atoms. The van der Waals surface area contributed by atoms with E-state index < -0.39 is 0 Å². The number of thioether (sulfide) groups is 1. The molecule has 2 heterocycles. The Morgan fingerprint density at radius 1 is 1.33 bits per heavy atom. The molecule has 0 saturated carbocycles. The van der Waals surface area contributed by atoms with Gasteiger partial charge in [-0.05, 0) is 37.4 Å². The highest BCUT2D eigenvalue weighted by atomic mass is 32.2. The van der Waals surface area contributed by atoms with Gasteiger partial charge < -0.3 is 10.1 Å². The van der Waals surface area contributed by atoms with Gasteiger partial charge in [0.25, 0.3) is 0 Å². The van der Waals surface area contributed by atoms with Gasteiger partial charge in [0.1, 0.15) is 21.9 Å². The number of carbonyl (C=O) groups is 1. The molecule has 0 bridgehead atoms. The van der Waals surface area contributed by atoms with Crippen molar-refractivity contribution in [1.82, 2.24) is 9.97 Å². The van der Waals surface area contributed by atoms with Gasteiger partial charge in [-0.1, -0.05) is 23.9 Å². The summed E-state index contributed by atoms with van der Waals surface area (Å²) < 4.78 is 5.54. The number of fused-ring (bicyclic) bond motifs is 1. The Morgan fingerprint density at radius 2 is 2.17 bits per heavy atom. The molecule has 7 heteroatoms. The number of aromatic nitrogens is 2. The molecule has 0 fully saturated rings. The molecule has 0 aliphatic carbocycles. The second-order valence-electron chi connectivity index (χ2n) is 5.00. The molecule has 1 N–H and O–H groups in total. The van der Waals surface area contributed by atoms with Crippen LogP contribution in [-0.4, -0.2) is 27.7 Å². The number of thiophene rings is 1. The molecule has 0 radical (unpaired) electrons. The molecule has 5 nitrogen and oxygen atoms in total. The quantitative estimate of drug-likeness (QED) is 0.528. The maximum absolute atomic E-state index is 12.5. The standard InChI is InChI=1S/C17H17N3O2S2/c1-3-22-14-7-5-4-6-13(14)20-15(21)11(2)24-17-12-8-9-23-16(12)18-10-19-17/h4-11H,3H2,1-2H3,(H,20,21)/t11-/m0/s1. The number of hydrogen-bond acceptors (Lipinski definition) is 6. The van der Waals surface area contributed by atoms with Gasteiger partial charge >= 0.3 is 0 Å². The van der Waals surface area contributed by atoms with Crippen LogP contribution in [0.2, 0.25) is 0 Å². The number of nitrogens with one attached hydrogen (secondary N) is 1. The molecule has 3 rings (SSSR count). The molecular weight excluding hydrogens is 342 g/mol. The minimum atomic E-state index is -0.294. The third kappa shape index (κ3) is 3.68. The third-order valence-corrected chi connectivity index (χ3v) is 5.26. The summed E-state index contributed by atoms with van der Waals surface area (Å²) in [4.78, 5) is 22.0. The number of rotatable bonds is 6. The van der Waals surface area contributed by atoms with Crippen molar-refractivity contribution in [2.45, 2.75) is 24.1 Å². The van der Waals surface area contributed by atoms with E-state index in [1.165, 1.54) is 18.1 Å². The van der Waals surface area contributed by atoms with Crippen LogP contribution < -0.4 is 10.1 Å². The molecule has 0 aliphatic rings. The van der Waals surface area contributed by atoms with E-state index in [2.05, 4.69) is 15.3 Å². The van der Waals surface area contributed by atoms with Crippen molar-refractivity contribution in [3.8, 4) is 5.75 Å². The van der Waals surface area contributed by atoms with Crippen LogP contribution in [0.15, 0.2) is 47.1 Å². The van der Waals surface area contributed by atoms with E-state index in [1.807, 2.05) is 49.6 Å².